The lowest BCUT2D eigenvalue weighted by molar-refractivity contribution is 0.115. The maximum Gasteiger partial charge on any atom is 0.138 e. The minimum Gasteiger partial charge on any atom is -0.491 e. The molecule has 1 aliphatic rings. The van der Waals surface area contributed by atoms with Gasteiger partial charge in [-0.3, -0.25) is 0 Å². The largest absolute Gasteiger partial charge is 0.491 e. The van der Waals surface area contributed by atoms with Gasteiger partial charge in [-0.25, -0.2) is 4.39 Å². The predicted octanol–water partition coefficient (Wildman–Crippen LogP) is 3.02. The summed E-state index contributed by atoms with van der Waals surface area (Å²) in [5, 5.41) is 3.18. The minimum atomic E-state index is -1.17. The average Bonchev–Trinajstić information content (AvgIpc) is 2.30. The molecule has 1 fully saturated rings. The summed E-state index contributed by atoms with van der Waals surface area (Å²) >= 11 is 0. The smallest absolute Gasteiger partial charge is 0.138 e. The molecule has 17 heavy (non-hydrogen) atoms. The van der Waals surface area contributed by atoms with E-state index < -0.39 is 5.67 Å². The Labute approximate surface area is 102 Å². The molecule has 0 spiro atoms. The molecule has 1 aliphatic heterocycles. The summed E-state index contributed by atoms with van der Waals surface area (Å²) < 4.78 is 20.2. The SMILES string of the molecule is CC(C)Oc1ccc(C2(F)CCNCC2)cc1. The summed E-state index contributed by atoms with van der Waals surface area (Å²) in [6.07, 6.45) is 1.26. The maximum absolute atomic E-state index is 14.6. The van der Waals surface area contributed by atoms with Crippen LogP contribution >= 0.6 is 0 Å². The van der Waals surface area contributed by atoms with Gasteiger partial charge in [0.25, 0.3) is 0 Å². The molecule has 1 saturated heterocycles. The highest BCUT2D eigenvalue weighted by Crippen LogP contribution is 2.35. The van der Waals surface area contributed by atoms with Crippen LogP contribution in [0.2, 0.25) is 0 Å². The molecule has 0 aromatic heterocycles. The van der Waals surface area contributed by atoms with Crippen molar-refractivity contribution >= 4 is 0 Å². The van der Waals surface area contributed by atoms with E-state index in [1.807, 2.05) is 38.1 Å². The number of rotatable bonds is 3. The van der Waals surface area contributed by atoms with E-state index in [1.165, 1.54) is 0 Å². The number of benzene rings is 1. The van der Waals surface area contributed by atoms with Gasteiger partial charge in [0, 0.05) is 0 Å². The zero-order chi connectivity index (χ0) is 12.3. The Morgan fingerprint density at radius 2 is 1.76 bits per heavy atom. The molecule has 3 heteroatoms. The number of alkyl halides is 1. The summed E-state index contributed by atoms with van der Waals surface area (Å²) in [6.45, 7) is 5.47. The van der Waals surface area contributed by atoms with Crippen LogP contribution in [-0.4, -0.2) is 19.2 Å². The van der Waals surface area contributed by atoms with Crippen LogP contribution in [0.3, 0.4) is 0 Å². The van der Waals surface area contributed by atoms with Gasteiger partial charge in [0.05, 0.1) is 6.10 Å². The van der Waals surface area contributed by atoms with Gasteiger partial charge in [-0.05, 0) is 57.5 Å². The Bertz CT molecular complexity index is 355. The molecule has 1 aromatic rings. The molecule has 0 atom stereocenters. The lowest BCUT2D eigenvalue weighted by atomic mass is 9.87. The zero-order valence-corrected chi connectivity index (χ0v) is 10.5. The van der Waals surface area contributed by atoms with Crippen LogP contribution in [-0.2, 0) is 5.67 Å². The molecule has 0 unspecified atom stereocenters. The van der Waals surface area contributed by atoms with Gasteiger partial charge >= 0.3 is 0 Å². The van der Waals surface area contributed by atoms with Crippen LogP contribution in [0.15, 0.2) is 24.3 Å². The molecule has 1 aromatic carbocycles. The van der Waals surface area contributed by atoms with Crippen molar-refractivity contribution in [3.05, 3.63) is 29.8 Å². The molecule has 0 saturated carbocycles. The second kappa shape index (κ2) is 5.05. The van der Waals surface area contributed by atoms with Gasteiger partial charge in [0.15, 0.2) is 0 Å². The third-order valence-corrected chi connectivity index (χ3v) is 3.14. The van der Waals surface area contributed by atoms with Crippen LogP contribution in [0.25, 0.3) is 0 Å². The molecule has 0 aliphatic carbocycles. The Balaban J connectivity index is 2.11. The van der Waals surface area contributed by atoms with Crippen molar-refractivity contribution in [3.8, 4) is 5.75 Å². The summed E-state index contributed by atoms with van der Waals surface area (Å²) in [5.74, 6) is 0.807. The van der Waals surface area contributed by atoms with Crippen molar-refractivity contribution in [1.82, 2.24) is 5.32 Å². The van der Waals surface area contributed by atoms with Gasteiger partial charge in [-0.2, -0.15) is 0 Å². The number of hydrogen-bond donors (Lipinski definition) is 1. The quantitative estimate of drug-likeness (QED) is 0.872. The van der Waals surface area contributed by atoms with Crippen molar-refractivity contribution in [1.29, 1.82) is 0 Å². The van der Waals surface area contributed by atoms with E-state index in [0.717, 1.165) is 24.4 Å². The number of ether oxygens (including phenoxy) is 1. The van der Waals surface area contributed by atoms with Gasteiger partial charge in [0.2, 0.25) is 0 Å². The number of piperidine rings is 1. The van der Waals surface area contributed by atoms with Crippen molar-refractivity contribution in [2.75, 3.05) is 13.1 Å². The minimum absolute atomic E-state index is 0.152. The lowest BCUT2D eigenvalue weighted by Crippen LogP contribution is -2.36. The molecule has 0 amide bonds. The van der Waals surface area contributed by atoms with E-state index in [-0.39, 0.29) is 6.10 Å². The summed E-state index contributed by atoms with van der Waals surface area (Å²) in [4.78, 5) is 0. The van der Waals surface area contributed by atoms with Gasteiger partial charge in [-0.1, -0.05) is 12.1 Å². The molecule has 2 rings (SSSR count). The highest BCUT2D eigenvalue weighted by atomic mass is 19.1. The first-order chi connectivity index (χ1) is 8.10. The van der Waals surface area contributed by atoms with Crippen molar-refractivity contribution in [2.45, 2.75) is 38.5 Å². The summed E-state index contributed by atoms with van der Waals surface area (Å²) in [6, 6.07) is 7.42. The summed E-state index contributed by atoms with van der Waals surface area (Å²) in [5.41, 5.74) is -0.392. The van der Waals surface area contributed by atoms with E-state index in [4.69, 9.17) is 4.74 Å². The second-order valence-electron chi connectivity index (χ2n) is 4.91. The van der Waals surface area contributed by atoms with Crippen molar-refractivity contribution in [3.63, 3.8) is 0 Å². The molecular formula is C14H20FNO. The fourth-order valence-electron chi connectivity index (χ4n) is 2.22. The Morgan fingerprint density at radius 1 is 1.18 bits per heavy atom. The van der Waals surface area contributed by atoms with Crippen molar-refractivity contribution in [2.24, 2.45) is 0 Å². The van der Waals surface area contributed by atoms with E-state index in [0.29, 0.717) is 12.8 Å². The normalized spacial score (nSPS) is 19.3. The van der Waals surface area contributed by atoms with Crippen LogP contribution in [0, 0.1) is 0 Å². The number of nitrogens with one attached hydrogen (secondary N) is 1. The number of halogens is 1. The summed E-state index contributed by atoms with van der Waals surface area (Å²) in [7, 11) is 0. The Morgan fingerprint density at radius 3 is 2.29 bits per heavy atom. The molecule has 94 valence electrons. The fraction of sp³-hybridized carbons (Fsp3) is 0.571. The molecule has 1 heterocycles. The first-order valence-electron chi connectivity index (χ1n) is 6.27. The molecule has 0 radical (unpaired) electrons. The first-order valence-corrected chi connectivity index (χ1v) is 6.27. The number of hydrogen-bond acceptors (Lipinski definition) is 2. The Kier molecular flexibility index (Phi) is 3.67. The van der Waals surface area contributed by atoms with Crippen LogP contribution in [0.5, 0.6) is 5.75 Å². The van der Waals surface area contributed by atoms with E-state index in [2.05, 4.69) is 5.32 Å². The molecule has 0 bridgehead atoms. The highest BCUT2D eigenvalue weighted by Gasteiger charge is 2.33. The molecular weight excluding hydrogens is 217 g/mol. The van der Waals surface area contributed by atoms with Gasteiger partial charge in [0.1, 0.15) is 11.4 Å². The first kappa shape index (κ1) is 12.4. The maximum atomic E-state index is 14.6. The predicted molar refractivity (Wildman–Crippen MR) is 67.1 cm³/mol. The Hall–Kier alpha value is -1.09. The second-order valence-corrected chi connectivity index (χ2v) is 4.91. The average molecular weight is 237 g/mol. The third kappa shape index (κ3) is 2.97. The lowest BCUT2D eigenvalue weighted by Gasteiger charge is -2.30. The fourth-order valence-corrected chi connectivity index (χ4v) is 2.22. The van der Waals surface area contributed by atoms with Gasteiger partial charge in [-0.15, -0.1) is 0 Å². The van der Waals surface area contributed by atoms with E-state index in [1.54, 1.807) is 0 Å². The third-order valence-electron chi connectivity index (χ3n) is 3.14. The molecule has 1 N–H and O–H groups in total. The van der Waals surface area contributed by atoms with Crippen molar-refractivity contribution < 1.29 is 9.13 Å². The topological polar surface area (TPSA) is 21.3 Å². The highest BCUT2D eigenvalue weighted by molar-refractivity contribution is 5.31. The van der Waals surface area contributed by atoms with Gasteiger partial charge < -0.3 is 10.1 Å². The standard InChI is InChI=1S/C14H20FNO/c1-11(2)17-13-5-3-12(4-6-13)14(15)7-9-16-10-8-14/h3-6,11,16H,7-10H2,1-2H3. The van der Waals surface area contributed by atoms with Crippen LogP contribution < -0.4 is 10.1 Å². The van der Waals surface area contributed by atoms with E-state index >= 15 is 0 Å². The van der Waals surface area contributed by atoms with Crippen LogP contribution in [0.4, 0.5) is 4.39 Å². The van der Waals surface area contributed by atoms with E-state index in [9.17, 15) is 4.39 Å². The monoisotopic (exact) mass is 237 g/mol. The molecule has 2 nitrogen and oxygen atoms in total. The zero-order valence-electron chi connectivity index (χ0n) is 10.5. The van der Waals surface area contributed by atoms with Crippen LogP contribution in [0.1, 0.15) is 32.3 Å².